The van der Waals surface area contributed by atoms with E-state index in [1.54, 1.807) is 29.7 Å². The third-order valence-electron chi connectivity index (χ3n) is 5.94. The van der Waals surface area contributed by atoms with Crippen LogP contribution in [0.25, 0.3) is 0 Å². The molecule has 0 spiro atoms. The van der Waals surface area contributed by atoms with Gasteiger partial charge in [-0.2, -0.15) is 0 Å². The summed E-state index contributed by atoms with van der Waals surface area (Å²) < 4.78 is 7.75. The Kier molecular flexibility index (Phi) is 7.75. The lowest BCUT2D eigenvalue weighted by Crippen LogP contribution is -2.62. The monoisotopic (exact) mass is 546 g/mol. The van der Waals surface area contributed by atoms with Gasteiger partial charge in [0.2, 0.25) is 5.16 Å². The number of rotatable bonds is 8. The van der Waals surface area contributed by atoms with Gasteiger partial charge in [-0.15, -0.1) is 16.9 Å². The van der Waals surface area contributed by atoms with E-state index in [9.17, 15) is 9.59 Å². The van der Waals surface area contributed by atoms with Crippen molar-refractivity contribution in [3.8, 4) is 0 Å². The summed E-state index contributed by atoms with van der Waals surface area (Å²) in [7, 11) is 1.76. The van der Waals surface area contributed by atoms with E-state index in [-0.39, 0.29) is 17.0 Å². The molecule has 38 heavy (non-hydrogen) atoms. The number of allylic oxidation sites excluding steroid dienone is 1. The fourth-order valence-electron chi connectivity index (χ4n) is 4.09. The number of hydrogen-bond acceptors (Lipinski definition) is 9. The normalized spacial score (nSPS) is 17.9. The summed E-state index contributed by atoms with van der Waals surface area (Å²) >= 11 is 2.97. The first kappa shape index (κ1) is 25.9. The van der Waals surface area contributed by atoms with Gasteiger partial charge in [-0.05, 0) is 41.0 Å². The minimum atomic E-state index is -0.627. The second kappa shape index (κ2) is 11.4. The highest BCUT2D eigenvalue weighted by Crippen LogP contribution is 2.41. The average Bonchev–Trinajstić information content (AvgIpc) is 3.35. The van der Waals surface area contributed by atoms with Gasteiger partial charge in [-0.1, -0.05) is 78.0 Å². The molecule has 0 saturated carbocycles. The number of ether oxygens (including phenoxy) is 1. The second-order valence-corrected chi connectivity index (χ2v) is 11.0. The number of esters is 1. The van der Waals surface area contributed by atoms with E-state index >= 15 is 0 Å². The highest BCUT2D eigenvalue weighted by molar-refractivity contribution is 8.01. The van der Waals surface area contributed by atoms with Crippen molar-refractivity contribution >= 4 is 41.1 Å². The van der Waals surface area contributed by atoms with Crippen molar-refractivity contribution in [3.05, 3.63) is 94.8 Å². The molecule has 0 aliphatic carbocycles. The van der Waals surface area contributed by atoms with Gasteiger partial charge in [0.1, 0.15) is 16.8 Å². The molecule has 2 aliphatic rings. The molecule has 1 amide bonds. The Morgan fingerprint density at radius 2 is 1.82 bits per heavy atom. The Morgan fingerprint density at radius 1 is 1.16 bits per heavy atom. The molecule has 11 heteroatoms. The van der Waals surface area contributed by atoms with Crippen molar-refractivity contribution < 1.29 is 14.3 Å². The maximum Gasteiger partial charge on any atom is 0.356 e. The van der Waals surface area contributed by atoms with Crippen LogP contribution in [0.3, 0.4) is 0 Å². The topological polar surface area (TPSA) is 103 Å². The molecule has 1 atom stereocenters. The van der Waals surface area contributed by atoms with Crippen LogP contribution in [-0.2, 0) is 21.4 Å². The number of thioether (sulfide) groups is 2. The molecule has 0 bridgehead atoms. The summed E-state index contributed by atoms with van der Waals surface area (Å²) in [6, 6.07) is 19.2. The van der Waals surface area contributed by atoms with E-state index in [4.69, 9.17) is 4.74 Å². The van der Waals surface area contributed by atoms with E-state index in [1.807, 2.05) is 74.5 Å². The highest BCUT2D eigenvalue weighted by atomic mass is 32.2. The number of tetrazole rings is 1. The second-order valence-electron chi connectivity index (χ2n) is 8.99. The average molecular weight is 547 g/mol. The summed E-state index contributed by atoms with van der Waals surface area (Å²) in [6.07, 6.45) is 1.05. The summed E-state index contributed by atoms with van der Waals surface area (Å²) in [5, 5.41) is 11.9. The summed E-state index contributed by atoms with van der Waals surface area (Å²) in [5.41, 5.74) is 4.18. The van der Waals surface area contributed by atoms with E-state index in [0.717, 1.165) is 22.3 Å². The van der Waals surface area contributed by atoms with Crippen LogP contribution in [0.1, 0.15) is 31.1 Å². The van der Waals surface area contributed by atoms with Crippen molar-refractivity contribution in [1.29, 1.82) is 0 Å². The number of aromatic nitrogens is 4. The zero-order valence-electron chi connectivity index (χ0n) is 21.1. The first-order chi connectivity index (χ1) is 18.4. The largest absolute Gasteiger partial charge is 0.448 e. The molecular weight excluding hydrogens is 520 g/mol. The minimum absolute atomic E-state index is 0.273. The number of β-lactam (4-membered cyclic amide) rings is 1. The fourth-order valence-corrected chi connectivity index (χ4v) is 6.35. The summed E-state index contributed by atoms with van der Waals surface area (Å²) in [6.45, 7) is 3.84. The molecular formula is C27H26N6O3S2. The Labute approximate surface area is 229 Å². The zero-order valence-corrected chi connectivity index (χ0v) is 22.8. The lowest BCUT2D eigenvalue weighted by atomic mass is 10.0. The third-order valence-corrected chi connectivity index (χ3v) is 8.30. The number of fused-ring (bicyclic) bond motifs is 1. The van der Waals surface area contributed by atoms with E-state index < -0.39 is 12.1 Å². The molecule has 3 heterocycles. The van der Waals surface area contributed by atoms with Crippen molar-refractivity contribution in [3.63, 3.8) is 0 Å². The number of hydrogen-bond donors (Lipinski definition) is 0. The number of aryl methyl sites for hydroxylation is 1. The fraction of sp³-hybridized carbons (Fsp3) is 0.259. The van der Waals surface area contributed by atoms with E-state index in [1.165, 1.54) is 16.7 Å². The highest BCUT2D eigenvalue weighted by Gasteiger charge is 2.51. The molecule has 9 nitrogen and oxygen atoms in total. The Bertz CT molecular complexity index is 1390. The van der Waals surface area contributed by atoms with Crippen LogP contribution in [0, 0.1) is 0 Å². The van der Waals surface area contributed by atoms with Crippen LogP contribution < -0.4 is 0 Å². The SMILES string of the molecule is CC(C)=CN=C1C(=O)N2C(C(=O)OC(c3ccccc3)c3ccccc3)=C(CSc3nnnn3C)CS[C@@H]12. The molecule has 0 unspecified atom stereocenters. The summed E-state index contributed by atoms with van der Waals surface area (Å²) in [4.78, 5) is 33.1. The first-order valence-corrected chi connectivity index (χ1v) is 14.0. The van der Waals surface area contributed by atoms with Gasteiger partial charge in [-0.3, -0.25) is 14.7 Å². The lowest BCUT2D eigenvalue weighted by Gasteiger charge is -2.45. The van der Waals surface area contributed by atoms with Gasteiger partial charge in [0.25, 0.3) is 5.91 Å². The Morgan fingerprint density at radius 3 is 2.39 bits per heavy atom. The van der Waals surface area contributed by atoms with Crippen molar-refractivity contribution in [2.75, 3.05) is 11.5 Å². The lowest BCUT2D eigenvalue weighted by molar-refractivity contribution is -0.147. The van der Waals surface area contributed by atoms with Crippen LogP contribution in [0.15, 0.2) is 93.9 Å². The molecule has 0 radical (unpaired) electrons. The molecule has 0 N–H and O–H groups in total. The number of amides is 1. The van der Waals surface area contributed by atoms with Gasteiger partial charge in [0.15, 0.2) is 6.10 Å². The van der Waals surface area contributed by atoms with Crippen LogP contribution in [0.4, 0.5) is 0 Å². The number of nitrogens with zero attached hydrogens (tertiary/aromatic N) is 6. The first-order valence-electron chi connectivity index (χ1n) is 12.0. The number of aliphatic imine (C=N–C) groups is 1. The standard InChI is InChI=1S/C27H26N6O3S2/c1-17(2)14-28-21-24(34)33-22(20(15-37-25(21)33)16-38-27-29-30-31-32(27)3)26(35)36-23(18-10-6-4-7-11-18)19-12-8-5-9-13-19/h4-14,23,25H,15-16H2,1-3H3/t25-/m0/s1. The van der Waals surface area contributed by atoms with Crippen LogP contribution in [0.5, 0.6) is 0 Å². The summed E-state index contributed by atoms with van der Waals surface area (Å²) in [5.74, 6) is 0.149. The smallest absolute Gasteiger partial charge is 0.356 e. The van der Waals surface area contributed by atoms with Gasteiger partial charge in [-0.25, -0.2) is 9.48 Å². The predicted octanol–water partition coefficient (Wildman–Crippen LogP) is 4.17. The Balaban J connectivity index is 1.49. The molecule has 5 rings (SSSR count). The van der Waals surface area contributed by atoms with Gasteiger partial charge in [0.05, 0.1) is 0 Å². The predicted molar refractivity (Wildman–Crippen MR) is 147 cm³/mol. The number of benzene rings is 2. The molecule has 194 valence electrons. The maximum atomic E-state index is 13.9. The Hall–Kier alpha value is -3.70. The van der Waals surface area contributed by atoms with Gasteiger partial charge < -0.3 is 4.74 Å². The molecule has 2 aromatic carbocycles. The van der Waals surface area contributed by atoms with Crippen LogP contribution >= 0.6 is 23.5 Å². The van der Waals surface area contributed by atoms with E-state index in [2.05, 4.69) is 20.5 Å². The molecule has 2 aliphatic heterocycles. The third kappa shape index (κ3) is 5.30. The quantitative estimate of drug-likeness (QED) is 0.236. The van der Waals surface area contributed by atoms with Crippen LogP contribution in [-0.4, -0.2) is 59.6 Å². The molecule has 3 aromatic rings. The molecule has 1 fully saturated rings. The molecule has 1 saturated heterocycles. The maximum absolute atomic E-state index is 13.9. The minimum Gasteiger partial charge on any atom is -0.448 e. The van der Waals surface area contributed by atoms with Gasteiger partial charge >= 0.3 is 5.97 Å². The van der Waals surface area contributed by atoms with Crippen molar-refractivity contribution in [1.82, 2.24) is 25.1 Å². The van der Waals surface area contributed by atoms with Crippen LogP contribution in [0.2, 0.25) is 0 Å². The number of carbonyl (C=O) groups is 2. The van der Waals surface area contributed by atoms with Crippen molar-refractivity contribution in [2.24, 2.45) is 12.0 Å². The van der Waals surface area contributed by atoms with Gasteiger partial charge in [0, 0.05) is 24.8 Å². The van der Waals surface area contributed by atoms with Crippen molar-refractivity contribution in [2.45, 2.75) is 30.5 Å². The zero-order chi connectivity index (χ0) is 26.6. The number of carbonyl (C=O) groups excluding carboxylic acids is 2. The molecule has 1 aromatic heterocycles. The van der Waals surface area contributed by atoms with E-state index in [0.29, 0.717) is 22.4 Å².